The number of esters is 1. The van der Waals surface area contributed by atoms with E-state index in [-0.39, 0.29) is 24.5 Å². The fraction of sp³-hybridized carbons (Fsp3) is 0.458. The van der Waals surface area contributed by atoms with E-state index in [9.17, 15) is 9.59 Å². The highest BCUT2D eigenvalue weighted by molar-refractivity contribution is 5.82. The van der Waals surface area contributed by atoms with Crippen LogP contribution in [0.25, 0.3) is 0 Å². The summed E-state index contributed by atoms with van der Waals surface area (Å²) in [7, 11) is 0. The smallest absolute Gasteiger partial charge is 0.323 e. The summed E-state index contributed by atoms with van der Waals surface area (Å²) in [6.07, 6.45) is 6.28. The molecule has 1 aromatic carbocycles. The SMILES string of the molecule is CCOc1ccc(OCCNC(=O)COC(=O)[C@H]2CCCCN2Cc2cccnc2)cc1. The van der Waals surface area contributed by atoms with Crippen LogP contribution in [0.15, 0.2) is 48.8 Å². The molecule has 1 atom stereocenters. The zero-order valence-electron chi connectivity index (χ0n) is 18.5. The Bertz CT molecular complexity index is 844. The van der Waals surface area contributed by atoms with Crippen LogP contribution >= 0.6 is 0 Å². The largest absolute Gasteiger partial charge is 0.494 e. The fourth-order valence-corrected chi connectivity index (χ4v) is 3.62. The minimum Gasteiger partial charge on any atom is -0.494 e. The topological polar surface area (TPSA) is 90.0 Å². The summed E-state index contributed by atoms with van der Waals surface area (Å²) in [5.74, 6) is 0.782. The minimum atomic E-state index is -0.352. The first kappa shape index (κ1) is 23.5. The van der Waals surface area contributed by atoms with Gasteiger partial charge >= 0.3 is 5.97 Å². The third-order valence-electron chi connectivity index (χ3n) is 5.17. The molecule has 1 saturated heterocycles. The second kappa shape index (κ2) is 12.7. The van der Waals surface area contributed by atoms with Crippen LogP contribution < -0.4 is 14.8 Å². The van der Waals surface area contributed by atoms with Crippen molar-refractivity contribution in [1.29, 1.82) is 0 Å². The molecular formula is C24H31N3O5. The highest BCUT2D eigenvalue weighted by Crippen LogP contribution is 2.20. The molecule has 2 heterocycles. The minimum absolute atomic E-state index is 0.293. The molecule has 1 amide bonds. The number of benzene rings is 1. The Balaban J connectivity index is 1.35. The van der Waals surface area contributed by atoms with Crippen molar-refractivity contribution in [3.63, 3.8) is 0 Å². The van der Waals surface area contributed by atoms with Crippen LogP contribution in [-0.2, 0) is 20.9 Å². The zero-order valence-corrected chi connectivity index (χ0v) is 18.5. The summed E-state index contributed by atoms with van der Waals surface area (Å²) in [6.45, 7) is 4.35. The summed E-state index contributed by atoms with van der Waals surface area (Å²) in [5, 5.41) is 2.71. The number of likely N-dealkylation sites (tertiary alicyclic amines) is 1. The van der Waals surface area contributed by atoms with E-state index < -0.39 is 0 Å². The molecule has 0 saturated carbocycles. The quantitative estimate of drug-likeness (QED) is 0.423. The number of hydrogen-bond acceptors (Lipinski definition) is 7. The number of ether oxygens (including phenoxy) is 3. The lowest BCUT2D eigenvalue weighted by Crippen LogP contribution is -2.45. The molecule has 1 fully saturated rings. The summed E-state index contributed by atoms with van der Waals surface area (Å²) in [6, 6.07) is 10.8. The van der Waals surface area contributed by atoms with Crippen LogP contribution in [0.1, 0.15) is 31.7 Å². The average Bonchev–Trinajstić information content (AvgIpc) is 2.82. The van der Waals surface area contributed by atoms with E-state index in [1.165, 1.54) is 0 Å². The first-order valence-electron chi connectivity index (χ1n) is 11.1. The molecule has 0 unspecified atom stereocenters. The van der Waals surface area contributed by atoms with Crippen LogP contribution in [0.5, 0.6) is 11.5 Å². The van der Waals surface area contributed by atoms with Gasteiger partial charge < -0.3 is 19.5 Å². The van der Waals surface area contributed by atoms with E-state index in [1.54, 1.807) is 12.4 Å². The third-order valence-corrected chi connectivity index (χ3v) is 5.17. The molecule has 8 nitrogen and oxygen atoms in total. The van der Waals surface area contributed by atoms with Gasteiger partial charge in [-0.3, -0.25) is 19.5 Å². The van der Waals surface area contributed by atoms with Gasteiger partial charge in [-0.05, 0) is 62.2 Å². The summed E-state index contributed by atoms with van der Waals surface area (Å²) in [5.41, 5.74) is 1.05. The molecule has 0 aliphatic carbocycles. The maximum Gasteiger partial charge on any atom is 0.323 e. The normalized spacial score (nSPS) is 16.2. The molecule has 1 aliphatic rings. The van der Waals surface area contributed by atoms with E-state index >= 15 is 0 Å². The number of piperidine rings is 1. The number of nitrogens with zero attached hydrogens (tertiary/aromatic N) is 2. The molecule has 172 valence electrons. The number of pyridine rings is 1. The molecule has 1 N–H and O–H groups in total. The van der Waals surface area contributed by atoms with E-state index in [1.807, 2.05) is 43.3 Å². The Morgan fingerprint density at radius 1 is 1.12 bits per heavy atom. The molecule has 0 spiro atoms. The van der Waals surface area contributed by atoms with Crippen LogP contribution in [0.2, 0.25) is 0 Å². The Morgan fingerprint density at radius 3 is 2.62 bits per heavy atom. The van der Waals surface area contributed by atoms with Crippen molar-refractivity contribution in [1.82, 2.24) is 15.2 Å². The van der Waals surface area contributed by atoms with Gasteiger partial charge in [0.1, 0.15) is 24.1 Å². The van der Waals surface area contributed by atoms with E-state index in [2.05, 4.69) is 15.2 Å². The first-order chi connectivity index (χ1) is 15.7. The number of amides is 1. The van der Waals surface area contributed by atoms with Gasteiger partial charge in [0.25, 0.3) is 5.91 Å². The first-order valence-corrected chi connectivity index (χ1v) is 11.1. The maximum absolute atomic E-state index is 12.6. The lowest BCUT2D eigenvalue weighted by molar-refractivity contribution is -0.155. The molecule has 3 rings (SSSR count). The molecule has 8 heteroatoms. The van der Waals surface area contributed by atoms with Crippen LogP contribution in [0.3, 0.4) is 0 Å². The van der Waals surface area contributed by atoms with Gasteiger partial charge in [0.05, 0.1) is 13.2 Å². The number of nitrogens with one attached hydrogen (secondary N) is 1. The molecule has 0 radical (unpaired) electrons. The third kappa shape index (κ3) is 7.53. The molecule has 0 bridgehead atoms. The zero-order chi connectivity index (χ0) is 22.6. The van der Waals surface area contributed by atoms with Gasteiger partial charge in [0, 0.05) is 18.9 Å². The second-order valence-corrected chi connectivity index (χ2v) is 7.55. The monoisotopic (exact) mass is 441 g/mol. The Morgan fingerprint density at radius 2 is 1.91 bits per heavy atom. The highest BCUT2D eigenvalue weighted by atomic mass is 16.5. The van der Waals surface area contributed by atoms with E-state index in [4.69, 9.17) is 14.2 Å². The Hall–Kier alpha value is -3.13. The van der Waals surface area contributed by atoms with E-state index in [0.29, 0.717) is 32.1 Å². The summed E-state index contributed by atoms with van der Waals surface area (Å²) >= 11 is 0. The van der Waals surface area contributed by atoms with Gasteiger partial charge in [0.15, 0.2) is 6.61 Å². The standard InChI is InChI=1S/C24H31N3O5/c1-2-30-20-8-10-21(11-9-20)31-15-13-26-23(28)18-32-24(29)22-7-3-4-14-27(22)17-19-6-5-12-25-16-19/h5-6,8-12,16,22H,2-4,7,13-15,17-18H2,1H3,(H,26,28)/t22-/m1/s1. The van der Waals surface area contributed by atoms with Crippen LogP contribution in [0, 0.1) is 0 Å². The second-order valence-electron chi connectivity index (χ2n) is 7.55. The number of rotatable bonds is 11. The van der Waals surface area contributed by atoms with Crippen molar-refractivity contribution >= 4 is 11.9 Å². The molecule has 1 aliphatic heterocycles. The predicted octanol–water partition coefficient (Wildman–Crippen LogP) is 2.57. The maximum atomic E-state index is 12.6. The molecule has 2 aromatic rings. The summed E-state index contributed by atoms with van der Waals surface area (Å²) in [4.78, 5) is 30.9. The Kier molecular flexibility index (Phi) is 9.31. The average molecular weight is 442 g/mol. The number of carbonyl (C=O) groups excluding carboxylic acids is 2. The van der Waals surface area contributed by atoms with Gasteiger partial charge in [-0.25, -0.2) is 0 Å². The number of hydrogen-bond donors (Lipinski definition) is 1. The van der Waals surface area contributed by atoms with Crippen molar-refractivity contribution in [2.75, 3.05) is 32.9 Å². The number of carbonyl (C=O) groups is 2. The fourth-order valence-electron chi connectivity index (χ4n) is 3.62. The highest BCUT2D eigenvalue weighted by Gasteiger charge is 2.30. The van der Waals surface area contributed by atoms with Gasteiger partial charge in [-0.2, -0.15) is 0 Å². The number of aromatic nitrogens is 1. The van der Waals surface area contributed by atoms with Crippen molar-refractivity contribution < 1.29 is 23.8 Å². The molecule has 32 heavy (non-hydrogen) atoms. The van der Waals surface area contributed by atoms with Gasteiger partial charge in [0.2, 0.25) is 0 Å². The van der Waals surface area contributed by atoms with Crippen LogP contribution in [-0.4, -0.2) is 60.7 Å². The van der Waals surface area contributed by atoms with Crippen molar-refractivity contribution in [2.24, 2.45) is 0 Å². The predicted molar refractivity (Wildman–Crippen MR) is 119 cm³/mol. The van der Waals surface area contributed by atoms with Crippen molar-refractivity contribution in [3.05, 3.63) is 54.4 Å². The van der Waals surface area contributed by atoms with Crippen molar-refractivity contribution in [2.45, 2.75) is 38.8 Å². The lowest BCUT2D eigenvalue weighted by atomic mass is 10.0. The van der Waals surface area contributed by atoms with Gasteiger partial charge in [-0.1, -0.05) is 12.5 Å². The van der Waals surface area contributed by atoms with Crippen molar-refractivity contribution in [3.8, 4) is 11.5 Å². The van der Waals surface area contributed by atoms with Gasteiger partial charge in [-0.15, -0.1) is 0 Å². The van der Waals surface area contributed by atoms with Crippen LogP contribution in [0.4, 0.5) is 0 Å². The van der Waals surface area contributed by atoms with E-state index in [0.717, 1.165) is 37.1 Å². The summed E-state index contributed by atoms with van der Waals surface area (Å²) < 4.78 is 16.3. The lowest BCUT2D eigenvalue weighted by Gasteiger charge is -2.33. The Labute approximate surface area is 188 Å². The molecule has 1 aromatic heterocycles. The molecular weight excluding hydrogens is 410 g/mol.